The van der Waals surface area contributed by atoms with Crippen molar-refractivity contribution in [2.75, 3.05) is 0 Å². The van der Waals surface area contributed by atoms with Crippen molar-refractivity contribution >= 4 is 25.4 Å². The van der Waals surface area contributed by atoms with Crippen LogP contribution in [0.4, 0.5) is 5.69 Å². The van der Waals surface area contributed by atoms with Crippen LogP contribution in [0.1, 0.15) is 11.1 Å². The number of halogens is 1. The average molecular weight is 250 g/mol. The van der Waals surface area contributed by atoms with Crippen LogP contribution >= 0.6 is 10.7 Å². The third-order valence-corrected chi connectivity index (χ3v) is 3.49. The number of nitro groups is 1. The van der Waals surface area contributed by atoms with Gasteiger partial charge >= 0.3 is 0 Å². The third kappa shape index (κ3) is 2.45. The van der Waals surface area contributed by atoms with Crippen LogP contribution in [0.2, 0.25) is 0 Å². The molecule has 0 aromatic heterocycles. The molecule has 0 unspecified atom stereocenters. The first-order valence-electron chi connectivity index (χ1n) is 3.94. The quantitative estimate of drug-likeness (QED) is 0.457. The Morgan fingerprint density at radius 2 is 1.67 bits per heavy atom. The summed E-state index contributed by atoms with van der Waals surface area (Å²) in [6.45, 7) is 2.94. The predicted octanol–water partition coefficient (Wildman–Crippen LogP) is 2.14. The van der Waals surface area contributed by atoms with E-state index in [2.05, 4.69) is 0 Å². The molecular weight excluding hydrogens is 242 g/mol. The van der Waals surface area contributed by atoms with Gasteiger partial charge in [-0.2, -0.15) is 0 Å². The van der Waals surface area contributed by atoms with Gasteiger partial charge in [-0.05, 0) is 25.0 Å². The highest BCUT2D eigenvalue weighted by Gasteiger charge is 2.20. The first kappa shape index (κ1) is 11.9. The van der Waals surface area contributed by atoms with Crippen molar-refractivity contribution in [3.63, 3.8) is 0 Å². The van der Waals surface area contributed by atoms with Crippen LogP contribution in [-0.4, -0.2) is 13.3 Å². The van der Waals surface area contributed by atoms with E-state index in [0.29, 0.717) is 0 Å². The Bertz CT molecular complexity index is 500. The first-order chi connectivity index (χ1) is 6.73. The van der Waals surface area contributed by atoms with E-state index in [9.17, 15) is 18.5 Å². The van der Waals surface area contributed by atoms with Gasteiger partial charge in [-0.15, -0.1) is 0 Å². The lowest BCUT2D eigenvalue weighted by molar-refractivity contribution is -0.385. The molecule has 7 heteroatoms. The van der Waals surface area contributed by atoms with Crippen LogP contribution in [0.3, 0.4) is 0 Å². The number of rotatable bonds is 2. The van der Waals surface area contributed by atoms with Crippen molar-refractivity contribution in [3.8, 4) is 0 Å². The summed E-state index contributed by atoms with van der Waals surface area (Å²) in [5, 5.41) is 10.5. The molecule has 82 valence electrons. The van der Waals surface area contributed by atoms with Crippen LogP contribution in [0, 0.1) is 24.0 Å². The van der Waals surface area contributed by atoms with Crippen molar-refractivity contribution in [1.82, 2.24) is 0 Å². The molecule has 0 amide bonds. The van der Waals surface area contributed by atoms with E-state index in [-0.39, 0.29) is 21.7 Å². The van der Waals surface area contributed by atoms with Gasteiger partial charge < -0.3 is 0 Å². The molecule has 0 radical (unpaired) electrons. The van der Waals surface area contributed by atoms with Gasteiger partial charge in [-0.25, -0.2) is 8.42 Å². The summed E-state index contributed by atoms with van der Waals surface area (Å²) in [4.78, 5) is 9.85. The zero-order chi connectivity index (χ0) is 11.8. The zero-order valence-electron chi connectivity index (χ0n) is 8.02. The Hall–Kier alpha value is -1.14. The fraction of sp³-hybridized carbons (Fsp3) is 0.250. The predicted molar refractivity (Wildman–Crippen MR) is 55.6 cm³/mol. The maximum atomic E-state index is 11.2. The molecule has 0 fully saturated rings. The van der Waals surface area contributed by atoms with E-state index in [4.69, 9.17) is 10.7 Å². The number of non-ortho nitro benzene ring substituents is 1. The van der Waals surface area contributed by atoms with Crippen LogP contribution < -0.4 is 0 Å². The molecule has 0 N–H and O–H groups in total. The molecule has 1 rings (SSSR count). The number of benzene rings is 1. The van der Waals surface area contributed by atoms with E-state index < -0.39 is 14.0 Å². The van der Waals surface area contributed by atoms with Crippen molar-refractivity contribution in [1.29, 1.82) is 0 Å². The van der Waals surface area contributed by atoms with Crippen LogP contribution in [0.25, 0.3) is 0 Å². The van der Waals surface area contributed by atoms with Gasteiger partial charge in [0.15, 0.2) is 0 Å². The summed E-state index contributed by atoms with van der Waals surface area (Å²) in [6, 6.07) is 2.37. The highest BCUT2D eigenvalue weighted by atomic mass is 35.7. The highest BCUT2D eigenvalue weighted by molar-refractivity contribution is 8.13. The molecule has 15 heavy (non-hydrogen) atoms. The summed E-state index contributed by atoms with van der Waals surface area (Å²) in [6.07, 6.45) is 0. The van der Waals surface area contributed by atoms with Gasteiger partial charge in [-0.3, -0.25) is 10.1 Å². The molecule has 1 aromatic rings. The largest absolute Gasteiger partial charge is 0.270 e. The van der Waals surface area contributed by atoms with Crippen molar-refractivity contribution < 1.29 is 13.3 Å². The summed E-state index contributed by atoms with van der Waals surface area (Å²) < 4.78 is 22.3. The maximum Gasteiger partial charge on any atom is 0.270 e. The molecular formula is C8H8ClNO4S. The minimum Gasteiger partial charge on any atom is -0.258 e. The Kier molecular flexibility index (Phi) is 3.01. The van der Waals surface area contributed by atoms with E-state index in [1.807, 2.05) is 0 Å². The molecule has 0 heterocycles. The summed E-state index contributed by atoms with van der Waals surface area (Å²) >= 11 is 0. The van der Waals surface area contributed by atoms with Crippen molar-refractivity contribution in [2.24, 2.45) is 0 Å². The lowest BCUT2D eigenvalue weighted by atomic mass is 10.1. The summed E-state index contributed by atoms with van der Waals surface area (Å²) in [5.74, 6) is 0. The standard InChI is InChI=1S/C8H8ClNO4S/c1-5-3-7(10(11)12)4-6(2)8(5)15(9,13)14/h3-4H,1-2H3. The molecule has 0 aliphatic heterocycles. The monoisotopic (exact) mass is 249 g/mol. The van der Waals surface area contributed by atoms with Gasteiger partial charge in [0.25, 0.3) is 14.7 Å². The van der Waals surface area contributed by atoms with Gasteiger partial charge in [0.1, 0.15) is 0 Å². The SMILES string of the molecule is Cc1cc([N+](=O)[O-])cc(C)c1S(=O)(=O)Cl. The van der Waals surface area contributed by atoms with E-state index in [1.165, 1.54) is 26.0 Å². The smallest absolute Gasteiger partial charge is 0.258 e. The molecule has 0 saturated carbocycles. The van der Waals surface area contributed by atoms with E-state index in [0.717, 1.165) is 0 Å². The number of nitrogens with zero attached hydrogens (tertiary/aromatic N) is 1. The number of hydrogen-bond acceptors (Lipinski definition) is 4. The number of hydrogen-bond donors (Lipinski definition) is 0. The van der Waals surface area contributed by atoms with Gasteiger partial charge in [0.2, 0.25) is 0 Å². The Morgan fingerprint density at radius 3 is 1.93 bits per heavy atom. The molecule has 0 atom stereocenters. The molecule has 0 saturated heterocycles. The van der Waals surface area contributed by atoms with Crippen molar-refractivity contribution in [3.05, 3.63) is 33.4 Å². The molecule has 0 spiro atoms. The maximum absolute atomic E-state index is 11.2. The van der Waals surface area contributed by atoms with Crippen molar-refractivity contribution in [2.45, 2.75) is 18.7 Å². The summed E-state index contributed by atoms with van der Waals surface area (Å²) in [5.41, 5.74) is 0.405. The fourth-order valence-corrected chi connectivity index (χ4v) is 3.03. The second kappa shape index (κ2) is 3.79. The molecule has 1 aromatic carbocycles. The lowest BCUT2D eigenvalue weighted by Gasteiger charge is -2.05. The Balaban J connectivity index is 3.55. The summed E-state index contributed by atoms with van der Waals surface area (Å²) in [7, 11) is 1.35. The molecule has 5 nitrogen and oxygen atoms in total. The lowest BCUT2D eigenvalue weighted by Crippen LogP contribution is -2.00. The van der Waals surface area contributed by atoms with Crippen LogP contribution in [-0.2, 0) is 9.05 Å². The number of aryl methyl sites for hydroxylation is 2. The second-order valence-corrected chi connectivity index (χ2v) is 5.61. The molecule has 0 aliphatic carbocycles. The average Bonchev–Trinajstić information content (AvgIpc) is 1.99. The Labute approximate surface area is 91.2 Å². The minimum absolute atomic E-state index is 0.0604. The third-order valence-electron chi connectivity index (χ3n) is 1.90. The minimum atomic E-state index is -3.86. The topological polar surface area (TPSA) is 77.3 Å². The molecule has 0 aliphatic rings. The van der Waals surface area contributed by atoms with Crippen LogP contribution in [0.15, 0.2) is 17.0 Å². The van der Waals surface area contributed by atoms with Crippen LogP contribution in [0.5, 0.6) is 0 Å². The zero-order valence-corrected chi connectivity index (χ0v) is 9.59. The molecule has 0 bridgehead atoms. The van der Waals surface area contributed by atoms with Gasteiger partial charge in [0, 0.05) is 22.8 Å². The van der Waals surface area contributed by atoms with Gasteiger partial charge in [-0.1, -0.05) is 0 Å². The normalized spacial score (nSPS) is 11.4. The Morgan fingerprint density at radius 1 is 1.27 bits per heavy atom. The van der Waals surface area contributed by atoms with E-state index >= 15 is 0 Å². The first-order valence-corrected chi connectivity index (χ1v) is 6.24. The van der Waals surface area contributed by atoms with E-state index in [1.54, 1.807) is 0 Å². The second-order valence-electron chi connectivity index (χ2n) is 3.10. The highest BCUT2D eigenvalue weighted by Crippen LogP contribution is 2.27. The van der Waals surface area contributed by atoms with Gasteiger partial charge in [0.05, 0.1) is 9.82 Å². The fourth-order valence-electron chi connectivity index (χ4n) is 1.42. The number of nitro benzene ring substituents is 1.